The zero-order valence-electron chi connectivity index (χ0n) is 11.0. The van der Waals surface area contributed by atoms with Gasteiger partial charge >= 0.3 is 0 Å². The Labute approximate surface area is 126 Å². The van der Waals surface area contributed by atoms with Gasteiger partial charge in [-0.2, -0.15) is 0 Å². The SMILES string of the molecule is N/C(=N\N=C(\c1ccccc1)c1cc(Cl)ccc1N)NO. The molecule has 0 spiro atoms. The fourth-order valence-electron chi connectivity index (χ4n) is 1.72. The van der Waals surface area contributed by atoms with Gasteiger partial charge in [-0.05, 0) is 18.2 Å². The van der Waals surface area contributed by atoms with Gasteiger partial charge in [-0.3, -0.25) is 5.21 Å². The van der Waals surface area contributed by atoms with Crippen LogP contribution in [0.1, 0.15) is 11.1 Å². The molecule has 0 bridgehead atoms. The molecule has 2 aromatic rings. The number of hydrogen-bond acceptors (Lipinski definition) is 4. The maximum Gasteiger partial charge on any atom is 0.237 e. The van der Waals surface area contributed by atoms with E-state index in [1.165, 1.54) is 0 Å². The smallest absolute Gasteiger partial charge is 0.237 e. The first-order valence-electron chi connectivity index (χ1n) is 6.04. The number of hydroxylamine groups is 1. The van der Waals surface area contributed by atoms with Gasteiger partial charge in [0.15, 0.2) is 0 Å². The van der Waals surface area contributed by atoms with E-state index in [-0.39, 0.29) is 5.96 Å². The second-order valence-corrected chi connectivity index (χ2v) is 4.58. The standard InChI is InChI=1S/C14H14ClN5O/c15-10-6-7-12(16)11(8-10)13(18-19-14(17)20-21)9-4-2-1-3-5-9/h1-8,21H,16H2,(H3,17,19,20)/b18-13-. The highest BCUT2D eigenvalue weighted by molar-refractivity contribution is 6.31. The summed E-state index contributed by atoms with van der Waals surface area (Å²) in [6.45, 7) is 0. The molecule has 0 radical (unpaired) electrons. The van der Waals surface area contributed by atoms with Crippen molar-refractivity contribution in [2.24, 2.45) is 15.9 Å². The van der Waals surface area contributed by atoms with E-state index >= 15 is 0 Å². The molecule has 108 valence electrons. The van der Waals surface area contributed by atoms with Crippen molar-refractivity contribution in [3.63, 3.8) is 0 Å². The van der Waals surface area contributed by atoms with Crippen LogP contribution in [0.3, 0.4) is 0 Å². The Morgan fingerprint density at radius 3 is 2.48 bits per heavy atom. The van der Waals surface area contributed by atoms with Gasteiger partial charge in [-0.15, -0.1) is 10.2 Å². The first-order chi connectivity index (χ1) is 10.1. The Morgan fingerprint density at radius 1 is 1.10 bits per heavy atom. The van der Waals surface area contributed by atoms with Gasteiger partial charge in [0.05, 0.1) is 0 Å². The number of benzene rings is 2. The van der Waals surface area contributed by atoms with Crippen molar-refractivity contribution in [1.82, 2.24) is 5.48 Å². The number of halogens is 1. The Kier molecular flexibility index (Phi) is 4.76. The molecule has 0 aliphatic carbocycles. The molecule has 2 rings (SSSR count). The van der Waals surface area contributed by atoms with Crippen molar-refractivity contribution in [3.8, 4) is 0 Å². The van der Waals surface area contributed by atoms with Crippen LogP contribution in [-0.2, 0) is 0 Å². The molecule has 0 aliphatic rings. The molecule has 0 aromatic heterocycles. The number of hydrogen-bond donors (Lipinski definition) is 4. The van der Waals surface area contributed by atoms with E-state index in [9.17, 15) is 0 Å². The molecular weight excluding hydrogens is 290 g/mol. The third-order valence-corrected chi connectivity index (χ3v) is 2.93. The van der Waals surface area contributed by atoms with E-state index in [1.807, 2.05) is 30.3 Å². The lowest BCUT2D eigenvalue weighted by Crippen LogP contribution is -2.27. The summed E-state index contributed by atoms with van der Waals surface area (Å²) in [6.07, 6.45) is 0. The van der Waals surface area contributed by atoms with E-state index in [4.69, 9.17) is 28.3 Å². The van der Waals surface area contributed by atoms with Crippen LogP contribution in [0, 0.1) is 0 Å². The number of nitrogen functional groups attached to an aromatic ring is 1. The number of rotatable bonds is 3. The second kappa shape index (κ2) is 6.74. The van der Waals surface area contributed by atoms with Crippen LogP contribution >= 0.6 is 11.6 Å². The van der Waals surface area contributed by atoms with Crippen LogP contribution in [0.5, 0.6) is 0 Å². The summed E-state index contributed by atoms with van der Waals surface area (Å²) in [4.78, 5) is 0. The molecule has 6 N–H and O–H groups in total. The summed E-state index contributed by atoms with van der Waals surface area (Å²) in [7, 11) is 0. The largest absolute Gasteiger partial charge is 0.398 e. The van der Waals surface area contributed by atoms with Crippen LogP contribution < -0.4 is 16.9 Å². The first-order valence-corrected chi connectivity index (χ1v) is 6.41. The third-order valence-electron chi connectivity index (χ3n) is 2.69. The van der Waals surface area contributed by atoms with Crippen LogP contribution in [-0.4, -0.2) is 16.9 Å². The van der Waals surface area contributed by atoms with Gasteiger partial charge in [-0.25, -0.2) is 5.48 Å². The van der Waals surface area contributed by atoms with Crippen molar-refractivity contribution in [2.75, 3.05) is 5.73 Å². The predicted molar refractivity (Wildman–Crippen MR) is 84.5 cm³/mol. The van der Waals surface area contributed by atoms with E-state index in [0.29, 0.717) is 22.0 Å². The lowest BCUT2D eigenvalue weighted by molar-refractivity contribution is 0.232. The molecule has 2 aromatic carbocycles. The first kappa shape index (κ1) is 14.8. The highest BCUT2D eigenvalue weighted by Gasteiger charge is 2.11. The lowest BCUT2D eigenvalue weighted by Gasteiger charge is -2.09. The van der Waals surface area contributed by atoms with Gasteiger partial charge in [0.2, 0.25) is 5.96 Å². The van der Waals surface area contributed by atoms with Crippen molar-refractivity contribution in [3.05, 3.63) is 64.7 Å². The summed E-state index contributed by atoms with van der Waals surface area (Å²) in [5, 5.41) is 16.9. The number of guanidine groups is 1. The average Bonchev–Trinajstić information content (AvgIpc) is 2.51. The van der Waals surface area contributed by atoms with Gasteiger partial charge in [-0.1, -0.05) is 41.9 Å². The zero-order valence-corrected chi connectivity index (χ0v) is 11.7. The maximum absolute atomic E-state index is 8.67. The maximum atomic E-state index is 8.67. The quantitative estimate of drug-likeness (QED) is 0.301. The fourth-order valence-corrected chi connectivity index (χ4v) is 1.90. The van der Waals surface area contributed by atoms with Crippen molar-refractivity contribution in [1.29, 1.82) is 0 Å². The predicted octanol–water partition coefficient (Wildman–Crippen LogP) is 1.97. The normalized spacial score (nSPS) is 12.3. The Morgan fingerprint density at radius 2 is 1.81 bits per heavy atom. The summed E-state index contributed by atoms with van der Waals surface area (Å²) in [5.74, 6) is -0.232. The van der Waals surface area contributed by atoms with Gasteiger partial charge in [0.25, 0.3) is 0 Å². The summed E-state index contributed by atoms with van der Waals surface area (Å²) in [6, 6.07) is 14.4. The monoisotopic (exact) mass is 303 g/mol. The molecule has 0 saturated heterocycles. The van der Waals surface area contributed by atoms with E-state index in [1.54, 1.807) is 23.7 Å². The Bertz CT molecular complexity index is 685. The van der Waals surface area contributed by atoms with Crippen LogP contribution in [0.4, 0.5) is 5.69 Å². The van der Waals surface area contributed by atoms with Crippen LogP contribution in [0.15, 0.2) is 58.7 Å². The lowest BCUT2D eigenvalue weighted by atomic mass is 10.0. The highest BCUT2D eigenvalue weighted by atomic mass is 35.5. The van der Waals surface area contributed by atoms with E-state index < -0.39 is 0 Å². The van der Waals surface area contributed by atoms with Crippen LogP contribution in [0.2, 0.25) is 5.02 Å². The second-order valence-electron chi connectivity index (χ2n) is 4.14. The van der Waals surface area contributed by atoms with Crippen LogP contribution in [0.25, 0.3) is 0 Å². The Balaban J connectivity index is 2.59. The molecule has 0 amide bonds. The van der Waals surface area contributed by atoms with Crippen molar-refractivity contribution < 1.29 is 5.21 Å². The summed E-state index contributed by atoms with van der Waals surface area (Å²) in [5.41, 5.74) is 15.5. The molecule has 0 aliphatic heterocycles. The molecule has 7 heteroatoms. The number of nitrogens with one attached hydrogen (secondary N) is 1. The summed E-state index contributed by atoms with van der Waals surface area (Å²) < 4.78 is 0. The molecule has 0 saturated carbocycles. The van der Waals surface area contributed by atoms with Gasteiger partial charge in [0.1, 0.15) is 5.71 Å². The van der Waals surface area contributed by atoms with E-state index in [2.05, 4.69) is 10.2 Å². The minimum atomic E-state index is -0.232. The fraction of sp³-hybridized carbons (Fsp3) is 0. The molecule has 0 fully saturated rings. The minimum absolute atomic E-state index is 0.232. The molecule has 21 heavy (non-hydrogen) atoms. The zero-order chi connectivity index (χ0) is 15.2. The average molecular weight is 304 g/mol. The molecule has 0 heterocycles. The minimum Gasteiger partial charge on any atom is -0.398 e. The molecule has 0 unspecified atom stereocenters. The molecule has 6 nitrogen and oxygen atoms in total. The highest BCUT2D eigenvalue weighted by Crippen LogP contribution is 2.22. The molecular formula is C14H14ClN5O. The van der Waals surface area contributed by atoms with Crippen molar-refractivity contribution in [2.45, 2.75) is 0 Å². The van der Waals surface area contributed by atoms with Gasteiger partial charge < -0.3 is 11.5 Å². The Hall–Kier alpha value is -2.57. The van der Waals surface area contributed by atoms with E-state index in [0.717, 1.165) is 5.56 Å². The van der Waals surface area contributed by atoms with Crippen molar-refractivity contribution >= 4 is 29.0 Å². The molecule has 0 atom stereocenters. The topological polar surface area (TPSA) is 109 Å². The van der Waals surface area contributed by atoms with Gasteiger partial charge in [0, 0.05) is 21.8 Å². The number of nitrogens with zero attached hydrogens (tertiary/aromatic N) is 2. The number of nitrogens with two attached hydrogens (primary N) is 2. The third kappa shape index (κ3) is 3.71. The summed E-state index contributed by atoms with van der Waals surface area (Å²) >= 11 is 6.01. The number of anilines is 1.